The molecule has 0 heterocycles. The summed E-state index contributed by atoms with van der Waals surface area (Å²) in [6.45, 7) is 11.0. The Kier molecular flexibility index (Phi) is 11.0. The minimum atomic E-state index is -1.83. The van der Waals surface area contributed by atoms with E-state index in [2.05, 4.69) is 6.58 Å². The minimum Gasteiger partial charge on any atom is -0.478 e. The van der Waals surface area contributed by atoms with E-state index in [1.165, 1.54) is 0 Å². The molecule has 3 N–H and O–H groups in total. The van der Waals surface area contributed by atoms with E-state index in [1.54, 1.807) is 0 Å². The SMILES string of the molecule is C=CC(=O)O.CC(C)(OOC(C)(C)c1ccccc1)c1ccccc1.O=C(O)O. The second kappa shape index (κ2) is 12.3. The summed E-state index contributed by atoms with van der Waals surface area (Å²) < 4.78 is 0. The highest BCUT2D eigenvalue weighted by molar-refractivity contribution is 5.78. The third-order valence-electron chi connectivity index (χ3n) is 3.57. The summed E-state index contributed by atoms with van der Waals surface area (Å²) in [6.07, 6.45) is -1.00. The van der Waals surface area contributed by atoms with Crippen LogP contribution in [-0.4, -0.2) is 27.4 Å². The van der Waals surface area contributed by atoms with Crippen molar-refractivity contribution in [2.24, 2.45) is 0 Å². The Morgan fingerprint density at radius 2 is 1.00 bits per heavy atom. The van der Waals surface area contributed by atoms with E-state index in [4.69, 9.17) is 29.9 Å². The van der Waals surface area contributed by atoms with Crippen molar-refractivity contribution in [3.05, 3.63) is 84.4 Å². The number of benzene rings is 2. The molecule has 2 aromatic rings. The molecule has 0 atom stereocenters. The predicted octanol–water partition coefficient (Wildman–Crippen LogP) is 5.28. The van der Waals surface area contributed by atoms with Gasteiger partial charge in [-0.25, -0.2) is 19.4 Å². The van der Waals surface area contributed by atoms with Gasteiger partial charge in [0.1, 0.15) is 11.2 Å². The van der Waals surface area contributed by atoms with Gasteiger partial charge in [-0.15, -0.1) is 0 Å². The van der Waals surface area contributed by atoms with Gasteiger partial charge in [0.25, 0.3) is 0 Å². The number of carboxylic acids is 1. The second-order valence-electron chi connectivity index (χ2n) is 6.74. The fourth-order valence-electron chi connectivity index (χ4n) is 1.98. The number of carboxylic acid groups (broad SMARTS) is 3. The molecular weight excluding hydrogens is 376 g/mol. The molecule has 7 heteroatoms. The van der Waals surface area contributed by atoms with Crippen molar-refractivity contribution in [1.29, 1.82) is 0 Å². The highest BCUT2D eigenvalue weighted by Crippen LogP contribution is 2.31. The number of rotatable bonds is 6. The van der Waals surface area contributed by atoms with Crippen molar-refractivity contribution >= 4 is 12.1 Å². The summed E-state index contributed by atoms with van der Waals surface area (Å²) >= 11 is 0. The summed E-state index contributed by atoms with van der Waals surface area (Å²) in [7, 11) is 0. The first-order valence-electron chi connectivity index (χ1n) is 8.67. The monoisotopic (exact) mass is 404 g/mol. The lowest BCUT2D eigenvalue weighted by Gasteiger charge is -2.31. The third kappa shape index (κ3) is 11.3. The van der Waals surface area contributed by atoms with Crippen LogP contribution in [0.5, 0.6) is 0 Å². The van der Waals surface area contributed by atoms with Crippen LogP contribution in [0.15, 0.2) is 73.3 Å². The van der Waals surface area contributed by atoms with Crippen LogP contribution < -0.4 is 0 Å². The molecule has 0 spiro atoms. The molecule has 0 unspecified atom stereocenters. The Labute approximate surface area is 170 Å². The Morgan fingerprint density at radius 3 is 1.21 bits per heavy atom. The first kappa shape index (κ1) is 25.8. The quantitative estimate of drug-likeness (QED) is 0.341. The van der Waals surface area contributed by atoms with Crippen LogP contribution in [0.3, 0.4) is 0 Å². The first-order valence-corrected chi connectivity index (χ1v) is 8.67. The minimum absolute atomic E-state index is 0.493. The summed E-state index contributed by atoms with van der Waals surface area (Å²) in [5.74, 6) is -0.981. The standard InChI is InChI=1S/C18H22O2.C3H4O2.CH2O3/c1-17(2,15-11-7-5-8-12-15)19-20-18(3,4)16-13-9-6-10-14-16;1-2-3(4)5;2-1(3)4/h5-14H,1-4H3;2H,1H2,(H,4,5);(H2,2,3,4). The molecule has 0 aromatic heterocycles. The third-order valence-corrected chi connectivity index (χ3v) is 3.57. The van der Waals surface area contributed by atoms with Gasteiger partial charge in [0.15, 0.2) is 0 Å². The Balaban J connectivity index is 0.000000734. The van der Waals surface area contributed by atoms with Gasteiger partial charge in [0.2, 0.25) is 0 Å². The van der Waals surface area contributed by atoms with Crippen molar-refractivity contribution in [2.75, 3.05) is 0 Å². The van der Waals surface area contributed by atoms with Gasteiger partial charge < -0.3 is 15.3 Å². The molecule has 0 bridgehead atoms. The molecule has 0 aliphatic rings. The Bertz CT molecular complexity index is 698. The van der Waals surface area contributed by atoms with E-state index in [0.29, 0.717) is 0 Å². The lowest BCUT2D eigenvalue weighted by atomic mass is 9.98. The van der Waals surface area contributed by atoms with Crippen LogP contribution >= 0.6 is 0 Å². The molecule has 0 aliphatic carbocycles. The highest BCUT2D eigenvalue weighted by Gasteiger charge is 2.29. The van der Waals surface area contributed by atoms with E-state index in [9.17, 15) is 4.79 Å². The van der Waals surface area contributed by atoms with E-state index in [1.807, 2.05) is 88.4 Å². The molecule has 0 saturated heterocycles. The summed E-state index contributed by atoms with van der Waals surface area (Å²) in [6, 6.07) is 20.2. The maximum Gasteiger partial charge on any atom is 0.503 e. The zero-order chi connectivity index (χ0) is 22.5. The molecule has 29 heavy (non-hydrogen) atoms. The van der Waals surface area contributed by atoms with Crippen molar-refractivity contribution in [3.8, 4) is 0 Å². The van der Waals surface area contributed by atoms with Gasteiger partial charge in [-0.05, 0) is 38.8 Å². The van der Waals surface area contributed by atoms with Gasteiger partial charge in [-0.3, -0.25) is 0 Å². The van der Waals surface area contributed by atoms with Crippen LogP contribution in [0, 0.1) is 0 Å². The molecular formula is C22H28O7. The topological polar surface area (TPSA) is 113 Å². The van der Waals surface area contributed by atoms with Crippen LogP contribution in [-0.2, 0) is 25.8 Å². The van der Waals surface area contributed by atoms with Crippen LogP contribution in [0.2, 0.25) is 0 Å². The van der Waals surface area contributed by atoms with E-state index < -0.39 is 23.3 Å². The fraction of sp³-hybridized carbons (Fsp3) is 0.273. The molecule has 2 rings (SSSR count). The molecule has 0 saturated carbocycles. The van der Waals surface area contributed by atoms with Crippen molar-refractivity contribution in [3.63, 3.8) is 0 Å². The van der Waals surface area contributed by atoms with E-state index in [0.717, 1.165) is 17.2 Å². The van der Waals surface area contributed by atoms with Crippen molar-refractivity contribution in [2.45, 2.75) is 38.9 Å². The van der Waals surface area contributed by atoms with Gasteiger partial charge in [-0.2, -0.15) is 0 Å². The van der Waals surface area contributed by atoms with Crippen molar-refractivity contribution in [1.82, 2.24) is 0 Å². The first-order chi connectivity index (χ1) is 13.4. The summed E-state index contributed by atoms with van der Waals surface area (Å²) in [5, 5.41) is 21.5. The van der Waals surface area contributed by atoms with Gasteiger partial charge in [0, 0.05) is 6.08 Å². The average molecular weight is 404 g/mol. The molecule has 2 aromatic carbocycles. The van der Waals surface area contributed by atoms with Crippen molar-refractivity contribution < 1.29 is 34.7 Å². The van der Waals surface area contributed by atoms with Crippen LogP contribution in [0.1, 0.15) is 38.8 Å². The maximum atomic E-state index is 9.25. The molecule has 0 amide bonds. The number of hydrogen-bond acceptors (Lipinski definition) is 4. The maximum absolute atomic E-state index is 9.25. The largest absolute Gasteiger partial charge is 0.503 e. The summed E-state index contributed by atoms with van der Waals surface area (Å²) in [4.78, 5) is 29.3. The lowest BCUT2D eigenvalue weighted by molar-refractivity contribution is -0.410. The van der Waals surface area contributed by atoms with Crippen LogP contribution in [0.4, 0.5) is 4.79 Å². The zero-order valence-corrected chi connectivity index (χ0v) is 17.0. The smallest absolute Gasteiger partial charge is 0.478 e. The van der Waals surface area contributed by atoms with Gasteiger partial charge >= 0.3 is 12.1 Å². The molecule has 0 radical (unpaired) electrons. The summed E-state index contributed by atoms with van der Waals surface area (Å²) in [5.41, 5.74) is 1.19. The molecule has 0 fully saturated rings. The zero-order valence-electron chi connectivity index (χ0n) is 17.0. The Morgan fingerprint density at radius 1 is 0.759 bits per heavy atom. The van der Waals surface area contributed by atoms with Gasteiger partial charge in [-0.1, -0.05) is 67.2 Å². The second-order valence-corrected chi connectivity index (χ2v) is 6.74. The number of hydrogen-bond donors (Lipinski definition) is 3. The fourth-order valence-corrected chi connectivity index (χ4v) is 1.98. The van der Waals surface area contributed by atoms with E-state index in [-0.39, 0.29) is 0 Å². The molecule has 158 valence electrons. The number of carbonyl (C=O) groups is 2. The normalized spacial score (nSPS) is 10.5. The van der Waals surface area contributed by atoms with Crippen LogP contribution in [0.25, 0.3) is 0 Å². The predicted molar refractivity (Wildman–Crippen MR) is 110 cm³/mol. The van der Waals surface area contributed by atoms with E-state index >= 15 is 0 Å². The lowest BCUT2D eigenvalue weighted by Crippen LogP contribution is -2.29. The number of aliphatic carboxylic acids is 1. The molecule has 7 nitrogen and oxygen atoms in total. The highest BCUT2D eigenvalue weighted by atomic mass is 17.2. The Hall–Kier alpha value is -3.16. The van der Waals surface area contributed by atoms with Gasteiger partial charge in [0.05, 0.1) is 0 Å². The average Bonchev–Trinajstić information content (AvgIpc) is 2.68. The molecule has 0 aliphatic heterocycles.